The molecule has 2 heteroatoms. The molecule has 33 heavy (non-hydrogen) atoms. The Hall–Kier alpha value is -4.43. The summed E-state index contributed by atoms with van der Waals surface area (Å²) in [7, 11) is 0. The summed E-state index contributed by atoms with van der Waals surface area (Å²) in [6.45, 7) is 0. The summed E-state index contributed by atoms with van der Waals surface area (Å²) >= 11 is 0. The quantitative estimate of drug-likeness (QED) is 0.284. The van der Waals surface area contributed by atoms with Gasteiger partial charge in [0.1, 0.15) is 11.5 Å². The Morgan fingerprint density at radius 3 is 1.70 bits per heavy atom. The average molecular weight is 424 g/mol. The number of furan rings is 1. The van der Waals surface area contributed by atoms with Crippen LogP contribution in [0.2, 0.25) is 0 Å². The van der Waals surface area contributed by atoms with E-state index in [1.165, 1.54) is 5.56 Å². The van der Waals surface area contributed by atoms with Crippen LogP contribution in [0.15, 0.2) is 132 Å². The number of fused-ring (bicyclic) bond motifs is 1. The molecule has 2 nitrogen and oxygen atoms in total. The number of rotatable bonds is 4. The van der Waals surface area contributed by atoms with E-state index >= 15 is 0 Å². The van der Waals surface area contributed by atoms with Crippen LogP contribution in [0.1, 0.15) is 0 Å². The second kappa shape index (κ2) is 8.25. The lowest BCUT2D eigenvalue weighted by molar-refractivity contribution is 0.602. The molecule has 0 radical (unpaired) electrons. The van der Waals surface area contributed by atoms with Crippen LogP contribution in [0, 0.1) is 0 Å². The predicted molar refractivity (Wildman–Crippen MR) is 136 cm³/mol. The molecule has 0 aliphatic carbocycles. The molecule has 0 spiro atoms. The van der Waals surface area contributed by atoms with Gasteiger partial charge in [0.15, 0.2) is 0 Å². The van der Waals surface area contributed by atoms with Crippen LogP contribution in [-0.2, 0) is 0 Å². The molecule has 0 unspecified atom stereocenters. The van der Waals surface area contributed by atoms with Gasteiger partial charge in [0.25, 0.3) is 0 Å². The van der Waals surface area contributed by atoms with Crippen molar-refractivity contribution in [1.82, 2.24) is 4.98 Å². The summed E-state index contributed by atoms with van der Waals surface area (Å²) in [6, 6.07) is 39.7. The summed E-state index contributed by atoms with van der Waals surface area (Å²) in [4.78, 5) is 4.53. The third-order valence-electron chi connectivity index (χ3n) is 5.98. The fraction of sp³-hybridized carbons (Fsp3) is 0. The van der Waals surface area contributed by atoms with E-state index in [1.807, 2.05) is 36.7 Å². The van der Waals surface area contributed by atoms with Crippen molar-refractivity contribution in [2.24, 2.45) is 0 Å². The molecule has 6 aromatic rings. The molecule has 6 rings (SSSR count). The van der Waals surface area contributed by atoms with Crippen LogP contribution in [0.3, 0.4) is 0 Å². The van der Waals surface area contributed by atoms with E-state index in [0.717, 1.165) is 50.1 Å². The zero-order chi connectivity index (χ0) is 22.0. The molecule has 4 aromatic carbocycles. The smallest absolute Gasteiger partial charge is 0.144 e. The maximum atomic E-state index is 6.65. The first kappa shape index (κ1) is 19.3. The van der Waals surface area contributed by atoms with Gasteiger partial charge < -0.3 is 4.42 Å². The third-order valence-corrected chi connectivity index (χ3v) is 5.98. The molecule has 0 saturated carbocycles. The molecule has 0 saturated heterocycles. The van der Waals surface area contributed by atoms with Gasteiger partial charge in [0.2, 0.25) is 0 Å². The van der Waals surface area contributed by atoms with Crippen molar-refractivity contribution in [3.8, 4) is 44.9 Å². The number of aromatic nitrogens is 1. The van der Waals surface area contributed by atoms with Crippen molar-refractivity contribution in [2.75, 3.05) is 0 Å². The Morgan fingerprint density at radius 2 is 0.970 bits per heavy atom. The number of benzene rings is 4. The minimum Gasteiger partial charge on any atom is -0.455 e. The number of hydrogen-bond acceptors (Lipinski definition) is 2. The van der Waals surface area contributed by atoms with Crippen molar-refractivity contribution >= 4 is 10.8 Å². The lowest BCUT2D eigenvalue weighted by atomic mass is 9.96. The first-order valence-electron chi connectivity index (χ1n) is 11.1. The molecule has 0 bridgehead atoms. The Kier molecular flexibility index (Phi) is 4.82. The van der Waals surface area contributed by atoms with E-state index in [9.17, 15) is 0 Å². The van der Waals surface area contributed by atoms with Gasteiger partial charge in [-0.3, -0.25) is 4.98 Å². The topological polar surface area (TPSA) is 26.0 Å². The maximum absolute atomic E-state index is 6.65. The minimum absolute atomic E-state index is 0.841. The molecule has 2 aromatic heterocycles. The second-order valence-corrected chi connectivity index (χ2v) is 8.05. The summed E-state index contributed by atoms with van der Waals surface area (Å²) in [5.74, 6) is 1.72. The van der Waals surface area contributed by atoms with Crippen molar-refractivity contribution in [3.05, 3.63) is 128 Å². The van der Waals surface area contributed by atoms with Crippen LogP contribution < -0.4 is 0 Å². The Bertz CT molecular complexity index is 1550. The van der Waals surface area contributed by atoms with Gasteiger partial charge in [-0.25, -0.2) is 0 Å². The zero-order valence-corrected chi connectivity index (χ0v) is 18.0. The predicted octanol–water partition coefficient (Wildman–Crippen LogP) is 8.50. The van der Waals surface area contributed by atoms with E-state index in [-0.39, 0.29) is 0 Å². The normalized spacial score (nSPS) is 11.0. The molecule has 0 aliphatic rings. The minimum atomic E-state index is 0.841. The number of hydrogen-bond donors (Lipinski definition) is 0. The highest BCUT2D eigenvalue weighted by molar-refractivity contribution is 6.04. The van der Waals surface area contributed by atoms with Gasteiger partial charge in [0.05, 0.1) is 0 Å². The summed E-state index contributed by atoms with van der Waals surface area (Å²) in [5.41, 5.74) is 6.58. The Labute approximate surface area is 192 Å². The Balaban J connectivity index is 1.55. The van der Waals surface area contributed by atoms with Crippen LogP contribution in [0.25, 0.3) is 55.7 Å². The Morgan fingerprint density at radius 1 is 0.424 bits per heavy atom. The van der Waals surface area contributed by atoms with Crippen LogP contribution in [0.4, 0.5) is 0 Å². The monoisotopic (exact) mass is 423 g/mol. The SMILES string of the molecule is c1ccc(-c2cncc(-c3oc(-c4ccccc4-c4ccccc4)c4ccccc34)c2)cc1. The lowest BCUT2D eigenvalue weighted by Crippen LogP contribution is -1.84. The van der Waals surface area contributed by atoms with Gasteiger partial charge in [-0.05, 0) is 22.8 Å². The van der Waals surface area contributed by atoms with Gasteiger partial charge >= 0.3 is 0 Å². The third kappa shape index (κ3) is 3.52. The summed E-state index contributed by atoms with van der Waals surface area (Å²) in [5, 5.41) is 2.18. The first-order chi connectivity index (χ1) is 16.4. The molecule has 2 heterocycles. The lowest BCUT2D eigenvalue weighted by Gasteiger charge is -2.08. The van der Waals surface area contributed by atoms with E-state index in [4.69, 9.17) is 4.42 Å². The van der Waals surface area contributed by atoms with E-state index < -0.39 is 0 Å². The van der Waals surface area contributed by atoms with Crippen molar-refractivity contribution in [3.63, 3.8) is 0 Å². The molecule has 156 valence electrons. The average Bonchev–Trinajstić information content (AvgIpc) is 3.29. The van der Waals surface area contributed by atoms with E-state index in [0.29, 0.717) is 0 Å². The van der Waals surface area contributed by atoms with Crippen molar-refractivity contribution < 1.29 is 4.42 Å². The maximum Gasteiger partial charge on any atom is 0.144 e. The highest BCUT2D eigenvalue weighted by atomic mass is 16.3. The molecule has 0 amide bonds. The van der Waals surface area contributed by atoms with Gasteiger partial charge in [-0.15, -0.1) is 0 Å². The van der Waals surface area contributed by atoms with Crippen LogP contribution in [0.5, 0.6) is 0 Å². The fourth-order valence-electron chi connectivity index (χ4n) is 4.41. The molecular formula is C31H21NO. The zero-order valence-electron chi connectivity index (χ0n) is 18.0. The summed E-state index contributed by atoms with van der Waals surface area (Å²) in [6.07, 6.45) is 3.78. The molecular weight excluding hydrogens is 402 g/mol. The van der Waals surface area contributed by atoms with Gasteiger partial charge in [-0.1, -0.05) is 109 Å². The highest BCUT2D eigenvalue weighted by Crippen LogP contribution is 2.42. The number of nitrogens with zero attached hydrogens (tertiary/aromatic N) is 1. The van der Waals surface area contributed by atoms with Crippen LogP contribution in [-0.4, -0.2) is 4.98 Å². The second-order valence-electron chi connectivity index (χ2n) is 8.05. The van der Waals surface area contributed by atoms with E-state index in [1.54, 1.807) is 0 Å². The van der Waals surface area contributed by atoms with Crippen molar-refractivity contribution in [2.45, 2.75) is 0 Å². The largest absolute Gasteiger partial charge is 0.455 e. The summed E-state index contributed by atoms with van der Waals surface area (Å²) < 4.78 is 6.65. The molecule has 0 N–H and O–H groups in total. The number of pyridine rings is 1. The molecule has 0 fully saturated rings. The molecule has 0 aliphatic heterocycles. The highest BCUT2D eigenvalue weighted by Gasteiger charge is 2.19. The van der Waals surface area contributed by atoms with Crippen LogP contribution >= 0.6 is 0 Å². The fourth-order valence-corrected chi connectivity index (χ4v) is 4.41. The van der Waals surface area contributed by atoms with Gasteiger partial charge in [-0.2, -0.15) is 0 Å². The molecule has 0 atom stereocenters. The van der Waals surface area contributed by atoms with E-state index in [2.05, 4.69) is 96.0 Å². The first-order valence-corrected chi connectivity index (χ1v) is 11.1. The van der Waals surface area contributed by atoms with Gasteiger partial charge in [0, 0.05) is 39.9 Å². The van der Waals surface area contributed by atoms with Crippen molar-refractivity contribution in [1.29, 1.82) is 0 Å². The standard InChI is InChI=1S/C31H21NO/c1-3-11-22(12-4-1)24-19-25(21-32-20-24)30-28-17-9-10-18-29(28)31(33-30)27-16-8-7-15-26(27)23-13-5-2-6-14-23/h1-21H.